The Bertz CT molecular complexity index is 952. The zero-order valence-electron chi connectivity index (χ0n) is 13.1. The standard InChI is InChI=1S/C18H11Cl2NO5/c19-11-5-6-12(13(20)8-11)17-21-14(18(24)26-17)7-10-3-1-2-4-15(10)25-9-16(22)23/h1-8H,9H2,(H,22,23)/p-1/b14-7-. The Morgan fingerprint density at radius 3 is 2.73 bits per heavy atom. The molecular weight excluding hydrogens is 381 g/mol. The minimum Gasteiger partial charge on any atom is -0.546 e. The number of aliphatic carboxylic acids is 1. The molecule has 26 heavy (non-hydrogen) atoms. The minimum atomic E-state index is -1.36. The monoisotopic (exact) mass is 390 g/mol. The van der Waals surface area contributed by atoms with Crippen molar-refractivity contribution in [3.63, 3.8) is 0 Å². The number of carboxylic acid groups (broad SMARTS) is 1. The van der Waals surface area contributed by atoms with E-state index in [0.29, 0.717) is 21.2 Å². The third kappa shape index (κ3) is 4.04. The van der Waals surface area contributed by atoms with Crippen molar-refractivity contribution in [3.05, 3.63) is 69.3 Å². The molecule has 2 aromatic carbocycles. The summed E-state index contributed by atoms with van der Waals surface area (Å²) in [5, 5.41) is 11.3. The molecule has 132 valence electrons. The zero-order chi connectivity index (χ0) is 18.7. The Morgan fingerprint density at radius 2 is 2.00 bits per heavy atom. The molecule has 1 heterocycles. The minimum absolute atomic E-state index is 0.0236. The molecule has 0 fully saturated rings. The molecule has 0 aromatic heterocycles. The van der Waals surface area contributed by atoms with Gasteiger partial charge in [0.2, 0.25) is 5.90 Å². The van der Waals surface area contributed by atoms with Gasteiger partial charge in [-0.15, -0.1) is 0 Å². The second kappa shape index (κ2) is 7.59. The maximum absolute atomic E-state index is 12.1. The Balaban J connectivity index is 1.93. The number of nitrogens with zero attached hydrogens (tertiary/aromatic N) is 1. The highest BCUT2D eigenvalue weighted by molar-refractivity contribution is 6.37. The number of carbonyl (C=O) groups excluding carboxylic acids is 2. The van der Waals surface area contributed by atoms with Crippen molar-refractivity contribution in [2.75, 3.05) is 6.61 Å². The lowest BCUT2D eigenvalue weighted by Gasteiger charge is -2.09. The molecule has 0 aliphatic carbocycles. The van der Waals surface area contributed by atoms with Gasteiger partial charge >= 0.3 is 5.97 Å². The van der Waals surface area contributed by atoms with Crippen molar-refractivity contribution >= 4 is 47.1 Å². The number of hydrogen-bond acceptors (Lipinski definition) is 6. The second-order valence-electron chi connectivity index (χ2n) is 5.16. The van der Waals surface area contributed by atoms with Crippen LogP contribution in [0.3, 0.4) is 0 Å². The number of esters is 1. The number of rotatable bonds is 5. The number of cyclic esters (lactones) is 1. The smallest absolute Gasteiger partial charge is 0.363 e. The number of hydrogen-bond donors (Lipinski definition) is 0. The quantitative estimate of drug-likeness (QED) is 0.577. The van der Waals surface area contributed by atoms with Crippen LogP contribution in [0.5, 0.6) is 5.75 Å². The first-order valence-electron chi connectivity index (χ1n) is 7.33. The Morgan fingerprint density at radius 1 is 1.23 bits per heavy atom. The van der Waals surface area contributed by atoms with Crippen LogP contribution in [-0.4, -0.2) is 24.4 Å². The molecule has 2 aromatic rings. The molecule has 3 rings (SSSR count). The number of para-hydroxylation sites is 1. The highest BCUT2D eigenvalue weighted by atomic mass is 35.5. The summed E-state index contributed by atoms with van der Waals surface area (Å²) in [6, 6.07) is 11.3. The van der Waals surface area contributed by atoms with Gasteiger partial charge in [0, 0.05) is 10.6 Å². The van der Waals surface area contributed by atoms with E-state index in [1.807, 2.05) is 0 Å². The zero-order valence-corrected chi connectivity index (χ0v) is 14.6. The van der Waals surface area contributed by atoms with Gasteiger partial charge in [0.25, 0.3) is 0 Å². The molecule has 0 saturated carbocycles. The van der Waals surface area contributed by atoms with Crippen LogP contribution in [0.4, 0.5) is 0 Å². The number of carbonyl (C=O) groups is 2. The normalized spacial score (nSPS) is 14.9. The number of ether oxygens (including phenoxy) is 2. The van der Waals surface area contributed by atoms with Crippen LogP contribution < -0.4 is 9.84 Å². The lowest BCUT2D eigenvalue weighted by Crippen LogP contribution is -2.29. The number of aliphatic imine (C=N–C) groups is 1. The van der Waals surface area contributed by atoms with Crippen molar-refractivity contribution < 1.29 is 24.2 Å². The van der Waals surface area contributed by atoms with Gasteiger partial charge in [-0.05, 0) is 30.3 Å². The third-order valence-corrected chi connectivity index (χ3v) is 3.89. The Labute approximate surface area is 158 Å². The molecular formula is C18H10Cl2NO5-. The van der Waals surface area contributed by atoms with E-state index in [9.17, 15) is 14.7 Å². The van der Waals surface area contributed by atoms with E-state index in [1.165, 1.54) is 12.1 Å². The van der Waals surface area contributed by atoms with Crippen molar-refractivity contribution in [2.45, 2.75) is 0 Å². The van der Waals surface area contributed by atoms with Crippen LogP contribution in [0.1, 0.15) is 11.1 Å². The van der Waals surface area contributed by atoms with E-state index in [2.05, 4.69) is 4.99 Å². The van der Waals surface area contributed by atoms with Gasteiger partial charge in [-0.3, -0.25) is 0 Å². The SMILES string of the molecule is O=C([O-])COc1ccccc1/C=C1\N=C(c2ccc(Cl)cc2Cl)OC1=O. The Hall–Kier alpha value is -2.83. The molecule has 1 aliphatic heterocycles. The summed E-state index contributed by atoms with van der Waals surface area (Å²) in [7, 11) is 0. The summed E-state index contributed by atoms with van der Waals surface area (Å²) in [5.74, 6) is -1.70. The van der Waals surface area contributed by atoms with Crippen LogP contribution in [0.25, 0.3) is 6.08 Å². The van der Waals surface area contributed by atoms with Gasteiger partial charge in [-0.25, -0.2) is 9.79 Å². The first kappa shape index (κ1) is 18.0. The fourth-order valence-corrected chi connectivity index (χ4v) is 2.69. The second-order valence-corrected chi connectivity index (χ2v) is 6.00. The van der Waals surface area contributed by atoms with E-state index in [4.69, 9.17) is 32.7 Å². The molecule has 0 atom stereocenters. The maximum atomic E-state index is 12.1. The molecule has 0 spiro atoms. The average molecular weight is 391 g/mol. The van der Waals surface area contributed by atoms with Gasteiger partial charge in [0.1, 0.15) is 12.4 Å². The molecule has 8 heteroatoms. The highest BCUT2D eigenvalue weighted by Gasteiger charge is 2.26. The molecule has 0 bridgehead atoms. The molecule has 6 nitrogen and oxygen atoms in total. The van der Waals surface area contributed by atoms with Gasteiger partial charge in [-0.1, -0.05) is 41.4 Å². The first-order chi connectivity index (χ1) is 12.4. The predicted molar refractivity (Wildman–Crippen MR) is 94.0 cm³/mol. The molecule has 0 unspecified atom stereocenters. The van der Waals surface area contributed by atoms with E-state index in [1.54, 1.807) is 36.4 Å². The summed E-state index contributed by atoms with van der Waals surface area (Å²) in [6.45, 7) is -0.612. The van der Waals surface area contributed by atoms with Crippen molar-refractivity contribution in [2.24, 2.45) is 4.99 Å². The van der Waals surface area contributed by atoms with Gasteiger partial charge in [-0.2, -0.15) is 0 Å². The molecule has 0 N–H and O–H groups in total. The summed E-state index contributed by atoms with van der Waals surface area (Å²) in [5.41, 5.74) is 0.915. The molecule has 0 amide bonds. The van der Waals surface area contributed by atoms with Gasteiger partial charge in [0.15, 0.2) is 5.70 Å². The van der Waals surface area contributed by atoms with Crippen LogP contribution in [0.2, 0.25) is 10.0 Å². The van der Waals surface area contributed by atoms with Crippen molar-refractivity contribution in [1.82, 2.24) is 0 Å². The summed E-state index contributed by atoms with van der Waals surface area (Å²) < 4.78 is 10.3. The lowest BCUT2D eigenvalue weighted by molar-refractivity contribution is -0.307. The van der Waals surface area contributed by atoms with Crippen molar-refractivity contribution in [3.8, 4) is 5.75 Å². The molecule has 0 saturated heterocycles. The molecule has 1 aliphatic rings. The van der Waals surface area contributed by atoms with Crippen LogP contribution >= 0.6 is 23.2 Å². The predicted octanol–water partition coefficient (Wildman–Crippen LogP) is 2.47. The summed E-state index contributed by atoms with van der Waals surface area (Å²) in [4.78, 5) is 26.8. The number of benzene rings is 2. The first-order valence-corrected chi connectivity index (χ1v) is 8.09. The van der Waals surface area contributed by atoms with Crippen LogP contribution in [-0.2, 0) is 14.3 Å². The van der Waals surface area contributed by atoms with E-state index >= 15 is 0 Å². The van der Waals surface area contributed by atoms with Crippen LogP contribution in [0, 0.1) is 0 Å². The largest absolute Gasteiger partial charge is 0.546 e. The summed E-state index contributed by atoms with van der Waals surface area (Å²) >= 11 is 12.0. The number of halogens is 2. The van der Waals surface area contributed by atoms with Gasteiger partial charge in [0.05, 0.1) is 16.6 Å². The highest BCUT2D eigenvalue weighted by Crippen LogP contribution is 2.28. The maximum Gasteiger partial charge on any atom is 0.363 e. The topological polar surface area (TPSA) is 88.0 Å². The van der Waals surface area contributed by atoms with E-state index < -0.39 is 18.5 Å². The van der Waals surface area contributed by atoms with Crippen molar-refractivity contribution in [1.29, 1.82) is 0 Å². The Kier molecular flexibility index (Phi) is 5.25. The van der Waals surface area contributed by atoms with Gasteiger partial charge < -0.3 is 19.4 Å². The fourth-order valence-electron chi connectivity index (χ4n) is 2.20. The summed E-state index contributed by atoms with van der Waals surface area (Å²) in [6.07, 6.45) is 1.43. The van der Waals surface area contributed by atoms with E-state index in [-0.39, 0.29) is 17.3 Å². The van der Waals surface area contributed by atoms with E-state index in [0.717, 1.165) is 0 Å². The average Bonchev–Trinajstić information content (AvgIpc) is 2.94. The van der Waals surface area contributed by atoms with Crippen LogP contribution in [0.15, 0.2) is 53.2 Å². The third-order valence-electron chi connectivity index (χ3n) is 3.34. The molecule has 0 radical (unpaired) electrons. The lowest BCUT2D eigenvalue weighted by atomic mass is 10.1. The fraction of sp³-hybridized carbons (Fsp3) is 0.0556. The number of carboxylic acids is 1.